The highest BCUT2D eigenvalue weighted by atomic mass is 16.7. The number of aromatic nitrogens is 1. The van der Waals surface area contributed by atoms with Gasteiger partial charge in [-0.3, -0.25) is 4.79 Å². The second kappa shape index (κ2) is 6.95. The zero-order valence-corrected chi connectivity index (χ0v) is 16.2. The van der Waals surface area contributed by atoms with E-state index in [-0.39, 0.29) is 12.3 Å². The van der Waals surface area contributed by atoms with Gasteiger partial charge in [-0.05, 0) is 44.0 Å². The first kappa shape index (κ1) is 17.8. The third-order valence-corrected chi connectivity index (χ3v) is 5.43. The number of rotatable bonds is 4. The molecule has 1 saturated carbocycles. The van der Waals surface area contributed by atoms with Crippen molar-refractivity contribution in [1.29, 1.82) is 0 Å². The number of oxazole rings is 1. The summed E-state index contributed by atoms with van der Waals surface area (Å²) < 4.78 is 17.8. The summed E-state index contributed by atoms with van der Waals surface area (Å²) in [4.78, 5) is 17.1. The maximum absolute atomic E-state index is 12.6. The number of anilines is 1. The highest BCUT2D eigenvalue weighted by Gasteiger charge is 2.44. The van der Waals surface area contributed by atoms with E-state index < -0.39 is 5.79 Å². The molecule has 2 aliphatic rings. The van der Waals surface area contributed by atoms with Crippen molar-refractivity contribution in [2.75, 3.05) is 5.32 Å². The lowest BCUT2D eigenvalue weighted by Crippen LogP contribution is -2.34. The molecule has 0 saturated heterocycles. The monoisotopic (exact) mass is 390 g/mol. The first-order valence-electron chi connectivity index (χ1n) is 9.94. The molecular weight excluding hydrogens is 368 g/mol. The van der Waals surface area contributed by atoms with Crippen LogP contribution in [0.2, 0.25) is 0 Å². The molecule has 148 valence electrons. The molecule has 3 aromatic rings. The fraction of sp³-hybridized carbons (Fsp3) is 0.304. The molecule has 1 aromatic heterocycles. The number of amides is 1. The Labute approximate surface area is 168 Å². The minimum atomic E-state index is -0.503. The van der Waals surface area contributed by atoms with Crippen LogP contribution in [0.3, 0.4) is 0 Å². The van der Waals surface area contributed by atoms with Crippen LogP contribution in [0.25, 0.3) is 11.5 Å². The van der Waals surface area contributed by atoms with Gasteiger partial charge < -0.3 is 19.2 Å². The van der Waals surface area contributed by atoms with E-state index in [0.717, 1.165) is 37.0 Å². The van der Waals surface area contributed by atoms with Crippen LogP contribution < -0.4 is 14.8 Å². The Hall–Kier alpha value is -3.28. The fourth-order valence-electron chi connectivity index (χ4n) is 3.94. The summed E-state index contributed by atoms with van der Waals surface area (Å²) in [6, 6.07) is 15.2. The summed E-state index contributed by atoms with van der Waals surface area (Å²) in [7, 11) is 0. The maximum Gasteiger partial charge on any atom is 0.251 e. The first-order chi connectivity index (χ1) is 14.1. The quantitative estimate of drug-likeness (QED) is 0.688. The van der Waals surface area contributed by atoms with Gasteiger partial charge in [-0.1, -0.05) is 18.2 Å². The second-order valence-electron chi connectivity index (χ2n) is 7.60. The van der Waals surface area contributed by atoms with Crippen LogP contribution in [0, 0.1) is 6.92 Å². The number of carbonyl (C=O) groups is 1. The third-order valence-electron chi connectivity index (χ3n) is 5.43. The van der Waals surface area contributed by atoms with Gasteiger partial charge in [0.15, 0.2) is 11.5 Å². The lowest BCUT2D eigenvalue weighted by molar-refractivity contribution is -0.115. The number of ether oxygens (including phenoxy) is 2. The van der Waals surface area contributed by atoms with Crippen LogP contribution in [-0.2, 0) is 11.2 Å². The standard InChI is InChI=1S/C23H22N2O4/c1-15-18(25-22(27-15)16-7-3-2-4-8-16)14-21(26)24-17-9-10-19-20(13-17)29-23(28-19)11-5-6-12-23/h2-4,7-10,13H,5-6,11-12,14H2,1H3,(H,24,26). The summed E-state index contributed by atoms with van der Waals surface area (Å²) in [6.07, 6.45) is 4.16. The van der Waals surface area contributed by atoms with Crippen molar-refractivity contribution in [1.82, 2.24) is 4.98 Å². The molecule has 6 nitrogen and oxygen atoms in total. The molecule has 0 unspecified atom stereocenters. The molecule has 6 heteroatoms. The second-order valence-corrected chi connectivity index (χ2v) is 7.60. The van der Waals surface area contributed by atoms with Crippen molar-refractivity contribution in [2.24, 2.45) is 0 Å². The molecule has 1 fully saturated rings. The van der Waals surface area contributed by atoms with Gasteiger partial charge in [0.2, 0.25) is 11.8 Å². The Morgan fingerprint density at radius 3 is 2.62 bits per heavy atom. The Bertz CT molecular complexity index is 1050. The van der Waals surface area contributed by atoms with E-state index in [0.29, 0.717) is 28.8 Å². The molecule has 2 aromatic carbocycles. The molecule has 0 bridgehead atoms. The van der Waals surface area contributed by atoms with E-state index in [2.05, 4.69) is 10.3 Å². The van der Waals surface area contributed by atoms with E-state index in [1.54, 1.807) is 0 Å². The van der Waals surface area contributed by atoms with Gasteiger partial charge in [-0.25, -0.2) is 4.98 Å². The predicted molar refractivity (Wildman–Crippen MR) is 108 cm³/mol. The van der Waals surface area contributed by atoms with Gasteiger partial charge in [0.1, 0.15) is 5.76 Å². The number of aryl methyl sites for hydroxylation is 1. The smallest absolute Gasteiger partial charge is 0.251 e. The zero-order valence-electron chi connectivity index (χ0n) is 16.2. The number of hydrogen-bond acceptors (Lipinski definition) is 5. The van der Waals surface area contributed by atoms with Crippen molar-refractivity contribution in [3.05, 3.63) is 60.0 Å². The highest BCUT2D eigenvalue weighted by molar-refractivity contribution is 5.92. The van der Waals surface area contributed by atoms with Crippen molar-refractivity contribution >= 4 is 11.6 Å². The Morgan fingerprint density at radius 1 is 1.07 bits per heavy atom. The summed E-state index contributed by atoms with van der Waals surface area (Å²) in [5, 5.41) is 2.92. The molecule has 0 radical (unpaired) electrons. The van der Waals surface area contributed by atoms with Crippen LogP contribution in [0.5, 0.6) is 11.5 Å². The summed E-state index contributed by atoms with van der Waals surface area (Å²) in [5.74, 6) is 1.94. The number of carbonyl (C=O) groups excluding carboxylic acids is 1. The predicted octanol–water partition coefficient (Wildman–Crippen LogP) is 4.87. The zero-order chi connectivity index (χ0) is 19.8. The van der Waals surface area contributed by atoms with Crippen LogP contribution in [0.15, 0.2) is 52.9 Å². The normalized spacial score (nSPS) is 16.3. The number of hydrogen-bond donors (Lipinski definition) is 1. The van der Waals surface area contributed by atoms with Gasteiger partial charge in [-0.2, -0.15) is 0 Å². The molecule has 5 rings (SSSR count). The first-order valence-corrected chi connectivity index (χ1v) is 9.94. The van der Waals surface area contributed by atoms with Gasteiger partial charge in [0.05, 0.1) is 12.1 Å². The molecule has 2 heterocycles. The summed E-state index contributed by atoms with van der Waals surface area (Å²) in [6.45, 7) is 1.82. The van der Waals surface area contributed by atoms with E-state index in [1.165, 1.54) is 0 Å². The molecule has 1 aliphatic carbocycles. The van der Waals surface area contributed by atoms with Crippen molar-refractivity contribution in [3.63, 3.8) is 0 Å². The van der Waals surface area contributed by atoms with Gasteiger partial charge in [-0.15, -0.1) is 0 Å². The van der Waals surface area contributed by atoms with E-state index in [9.17, 15) is 4.79 Å². The SMILES string of the molecule is Cc1oc(-c2ccccc2)nc1CC(=O)Nc1ccc2c(c1)OC1(CCCC1)O2. The van der Waals surface area contributed by atoms with Crippen LogP contribution in [0.1, 0.15) is 37.1 Å². The summed E-state index contributed by atoms with van der Waals surface area (Å²) in [5.41, 5.74) is 2.20. The number of benzene rings is 2. The molecule has 1 aliphatic heterocycles. The Kier molecular flexibility index (Phi) is 4.27. The van der Waals surface area contributed by atoms with Crippen LogP contribution in [-0.4, -0.2) is 16.7 Å². The van der Waals surface area contributed by atoms with Crippen LogP contribution in [0.4, 0.5) is 5.69 Å². The molecule has 1 N–H and O–H groups in total. The van der Waals surface area contributed by atoms with Gasteiger partial charge in [0, 0.05) is 30.2 Å². The topological polar surface area (TPSA) is 73.6 Å². The third kappa shape index (κ3) is 3.46. The van der Waals surface area contributed by atoms with Crippen molar-refractivity contribution < 1.29 is 18.7 Å². The van der Waals surface area contributed by atoms with E-state index >= 15 is 0 Å². The van der Waals surface area contributed by atoms with Crippen molar-refractivity contribution in [2.45, 2.75) is 44.8 Å². The van der Waals surface area contributed by atoms with Gasteiger partial charge >= 0.3 is 0 Å². The molecule has 1 amide bonds. The number of nitrogens with one attached hydrogen (secondary N) is 1. The molecule has 1 spiro atoms. The van der Waals surface area contributed by atoms with Crippen LogP contribution >= 0.6 is 0 Å². The lowest BCUT2D eigenvalue weighted by atomic mass is 10.2. The van der Waals surface area contributed by atoms with E-state index in [1.807, 2.05) is 55.5 Å². The fourth-order valence-corrected chi connectivity index (χ4v) is 3.94. The summed E-state index contributed by atoms with van der Waals surface area (Å²) >= 11 is 0. The largest absolute Gasteiger partial charge is 0.448 e. The average Bonchev–Trinajstić information content (AvgIpc) is 3.42. The van der Waals surface area contributed by atoms with Crippen molar-refractivity contribution in [3.8, 4) is 23.0 Å². The molecule has 29 heavy (non-hydrogen) atoms. The minimum Gasteiger partial charge on any atom is -0.448 e. The Morgan fingerprint density at radius 2 is 1.83 bits per heavy atom. The number of nitrogens with zero attached hydrogens (tertiary/aromatic N) is 1. The minimum absolute atomic E-state index is 0.139. The Balaban J connectivity index is 1.27. The number of fused-ring (bicyclic) bond motifs is 1. The van der Waals surface area contributed by atoms with Gasteiger partial charge in [0.25, 0.3) is 5.79 Å². The van der Waals surface area contributed by atoms with E-state index in [4.69, 9.17) is 13.9 Å². The molecular formula is C23H22N2O4. The highest BCUT2D eigenvalue weighted by Crippen LogP contribution is 2.47. The maximum atomic E-state index is 12.6. The average molecular weight is 390 g/mol. The molecule has 0 atom stereocenters. The lowest BCUT2D eigenvalue weighted by Gasteiger charge is -2.21.